The molecular formula is C28H40N8P2+4. The molecule has 0 saturated heterocycles. The van der Waals surface area contributed by atoms with Crippen molar-refractivity contribution in [3.05, 3.63) is 98.1 Å². The molecule has 0 fully saturated rings. The molecule has 10 heteroatoms. The lowest BCUT2D eigenvalue weighted by atomic mass is 10.4. The molecule has 0 aromatic carbocycles. The van der Waals surface area contributed by atoms with E-state index in [1.165, 1.54) is 22.7 Å². The monoisotopic (exact) mass is 550 g/mol. The summed E-state index contributed by atoms with van der Waals surface area (Å²) < 4.78 is 9.51. The average Bonchev–Trinajstić information content (AvgIpc) is 2.92. The Morgan fingerprint density at radius 2 is 0.500 bits per heavy atom. The summed E-state index contributed by atoms with van der Waals surface area (Å²) in [4.78, 5) is 8.55. The van der Waals surface area contributed by atoms with Crippen molar-refractivity contribution in [3.63, 3.8) is 0 Å². The second kappa shape index (κ2) is 12.0. The Labute approximate surface area is 229 Å². The molecule has 0 N–H and O–H groups in total. The highest BCUT2D eigenvalue weighted by Gasteiger charge is 2.63. The van der Waals surface area contributed by atoms with Gasteiger partial charge in [-0.05, 0) is 0 Å². The Balaban J connectivity index is 1.91. The van der Waals surface area contributed by atoms with E-state index in [2.05, 4.69) is 191 Å². The quantitative estimate of drug-likeness (QED) is 0.300. The van der Waals surface area contributed by atoms with E-state index in [0.29, 0.717) is 0 Å². The van der Waals surface area contributed by atoms with Crippen LogP contribution in [0.15, 0.2) is 98.1 Å². The smallest absolute Gasteiger partial charge is 0.377 e. The topological polar surface area (TPSA) is 28.5 Å². The van der Waals surface area contributed by atoms with Gasteiger partial charge in [-0.1, -0.05) is 0 Å². The zero-order valence-electron chi connectivity index (χ0n) is 23.7. The van der Waals surface area contributed by atoms with Gasteiger partial charge < -0.3 is 19.6 Å². The summed E-state index contributed by atoms with van der Waals surface area (Å²) in [5.74, 6) is 0. The molecule has 8 nitrogen and oxygen atoms in total. The van der Waals surface area contributed by atoms with Gasteiger partial charge in [-0.25, -0.2) is 0 Å². The summed E-state index contributed by atoms with van der Waals surface area (Å²) in [6, 6.07) is 17.5. The number of rotatable bonds is 9. The van der Waals surface area contributed by atoms with Gasteiger partial charge in [0, 0.05) is 128 Å². The Kier molecular flexibility index (Phi) is 8.76. The molecule has 0 radical (unpaired) electrons. The van der Waals surface area contributed by atoms with E-state index >= 15 is 0 Å². The van der Waals surface area contributed by atoms with Crippen LogP contribution in [0, 0.1) is 0 Å². The summed E-state index contributed by atoms with van der Waals surface area (Å²) in [6.07, 6.45) is 17.7. The molecule has 198 valence electrons. The second-order valence-electron chi connectivity index (χ2n) is 9.86. The van der Waals surface area contributed by atoms with Crippen molar-refractivity contribution in [3.8, 4) is 0 Å². The summed E-state index contributed by atoms with van der Waals surface area (Å²) in [6.45, 7) is 0. The van der Waals surface area contributed by atoms with Crippen molar-refractivity contribution in [2.24, 2.45) is 0 Å². The van der Waals surface area contributed by atoms with Gasteiger partial charge >= 0.3 is 15.8 Å². The van der Waals surface area contributed by atoms with Crippen LogP contribution in [0.4, 0.5) is 22.7 Å². The number of hydrogen-bond donors (Lipinski definition) is 0. The lowest BCUT2D eigenvalue weighted by molar-refractivity contribution is -0.653. The van der Waals surface area contributed by atoms with Crippen LogP contribution in [-0.4, -0.2) is 56.4 Å². The molecule has 0 bridgehead atoms. The Bertz CT molecular complexity index is 1100. The van der Waals surface area contributed by atoms with Gasteiger partial charge in [0.25, 0.3) is 0 Å². The highest BCUT2D eigenvalue weighted by atomic mass is 32.1. The zero-order chi connectivity index (χ0) is 27.4. The number of hydrogen-bond acceptors (Lipinski definition) is 4. The highest BCUT2D eigenvalue weighted by Crippen LogP contribution is 2.54. The van der Waals surface area contributed by atoms with Crippen molar-refractivity contribution in [1.29, 1.82) is 0 Å². The molecule has 0 saturated carbocycles. The fourth-order valence-electron chi connectivity index (χ4n) is 3.92. The molecule has 0 aliphatic heterocycles. The van der Waals surface area contributed by atoms with Crippen molar-refractivity contribution < 1.29 is 17.4 Å². The van der Waals surface area contributed by atoms with E-state index in [9.17, 15) is 0 Å². The van der Waals surface area contributed by atoms with Gasteiger partial charge in [0.05, 0.1) is 0 Å². The molecule has 4 aromatic heterocycles. The number of nitrogens with zero attached hydrogens (tertiary/aromatic N) is 8. The molecule has 0 aliphatic carbocycles. The van der Waals surface area contributed by atoms with Gasteiger partial charge in [0.1, 0.15) is 0 Å². The van der Waals surface area contributed by atoms with Crippen LogP contribution in [0.3, 0.4) is 0 Å². The summed E-state index contributed by atoms with van der Waals surface area (Å²) in [7, 11) is 14.8. The predicted octanol–water partition coefficient (Wildman–Crippen LogP) is 3.13. The molecule has 0 unspecified atom stereocenters. The Morgan fingerprint density at radius 1 is 0.342 bits per heavy atom. The van der Waals surface area contributed by atoms with Crippen LogP contribution in [-0.2, 0) is 0 Å². The first-order valence-corrected chi connectivity index (χ1v) is 15.7. The van der Waals surface area contributed by atoms with E-state index in [-0.39, 0.29) is 0 Å². The van der Waals surface area contributed by atoms with Crippen molar-refractivity contribution in [2.75, 3.05) is 76.0 Å². The molecule has 38 heavy (non-hydrogen) atoms. The highest BCUT2D eigenvalue weighted by molar-refractivity contribution is 8.17. The molecule has 0 amide bonds. The maximum Gasteiger partial charge on any atom is 0.666 e. The van der Waals surface area contributed by atoms with Crippen LogP contribution in [0.5, 0.6) is 0 Å². The Morgan fingerprint density at radius 3 is 0.632 bits per heavy atom. The molecule has 0 atom stereocenters. The van der Waals surface area contributed by atoms with E-state index in [0.717, 1.165) is 0 Å². The number of pyridine rings is 4. The largest absolute Gasteiger partial charge is 0.666 e. The maximum absolute atomic E-state index is 2.38. The van der Waals surface area contributed by atoms with Crippen molar-refractivity contribution in [2.45, 2.75) is 0 Å². The lowest BCUT2D eigenvalue weighted by Gasteiger charge is -2.13. The minimum absolute atomic E-state index is 0.920. The van der Waals surface area contributed by atoms with Crippen LogP contribution in [0.1, 0.15) is 0 Å². The van der Waals surface area contributed by atoms with Gasteiger partial charge in [-0.15, -0.1) is 17.4 Å². The first-order chi connectivity index (χ1) is 18.2. The van der Waals surface area contributed by atoms with Gasteiger partial charge in [0.15, 0.2) is 49.6 Å². The summed E-state index contributed by atoms with van der Waals surface area (Å²) >= 11 is 0. The molecule has 0 aliphatic rings. The average molecular weight is 551 g/mol. The third kappa shape index (κ3) is 6.20. The molecule has 4 aromatic rings. The van der Waals surface area contributed by atoms with Crippen molar-refractivity contribution >= 4 is 38.6 Å². The first kappa shape index (κ1) is 27.7. The molecule has 4 rings (SSSR count). The van der Waals surface area contributed by atoms with Crippen molar-refractivity contribution in [1.82, 2.24) is 0 Å². The Hall–Kier alpha value is -3.34. The molecule has 0 spiro atoms. The minimum atomic E-state index is -0.920. The van der Waals surface area contributed by atoms with E-state index in [4.69, 9.17) is 0 Å². The van der Waals surface area contributed by atoms with E-state index in [1.54, 1.807) is 0 Å². The fourth-order valence-corrected chi connectivity index (χ4v) is 10.3. The SMILES string of the molecule is CN(C)c1cc[n+](P([n+]2ccc(N(C)C)cc2)P([n+]2ccc(N(C)C)cc2)[n+]2ccc(N(C)C)cc2)cc1. The van der Waals surface area contributed by atoms with Crippen LogP contribution >= 0.6 is 15.8 Å². The van der Waals surface area contributed by atoms with Crippen LogP contribution in [0.2, 0.25) is 0 Å². The van der Waals surface area contributed by atoms with Gasteiger partial charge in [-0.3, -0.25) is 0 Å². The zero-order valence-corrected chi connectivity index (χ0v) is 25.5. The third-order valence-electron chi connectivity index (χ3n) is 6.24. The van der Waals surface area contributed by atoms with Gasteiger partial charge in [0.2, 0.25) is 0 Å². The maximum atomic E-state index is 2.38. The van der Waals surface area contributed by atoms with E-state index in [1.807, 2.05) is 0 Å². The van der Waals surface area contributed by atoms with Crippen LogP contribution < -0.4 is 37.0 Å². The van der Waals surface area contributed by atoms with Crippen LogP contribution in [0.25, 0.3) is 0 Å². The first-order valence-electron chi connectivity index (χ1n) is 12.5. The van der Waals surface area contributed by atoms with Gasteiger partial charge in [-0.2, -0.15) is 0 Å². The fraction of sp³-hybridized carbons (Fsp3) is 0.286. The predicted molar refractivity (Wildman–Crippen MR) is 159 cm³/mol. The standard InChI is InChI=1S/C28H40N8P2/c1-29(2)25-9-17-33(18-10-25)37(34-19-11-26(12-20-34)30(3)4)38(35-21-13-27(14-22-35)31(5)6)36-23-15-28(16-24-36)32(7)8/h9-24H,1-8H3/q+4. The normalized spacial score (nSPS) is 11.1. The minimum Gasteiger partial charge on any atom is -0.377 e. The molecular weight excluding hydrogens is 510 g/mol. The molecule has 4 heterocycles. The lowest BCUT2D eigenvalue weighted by Crippen LogP contribution is -2.52. The third-order valence-corrected chi connectivity index (χ3v) is 12.7. The number of anilines is 4. The second-order valence-corrected chi connectivity index (χ2v) is 14.9. The number of aromatic nitrogens is 4. The van der Waals surface area contributed by atoms with E-state index < -0.39 is 15.8 Å². The summed E-state index contributed by atoms with van der Waals surface area (Å²) in [5.41, 5.74) is 4.72. The summed E-state index contributed by atoms with van der Waals surface area (Å²) in [5, 5.41) is 0.